The molecule has 1 atom stereocenters. The number of amides is 1. The number of para-hydroxylation sites is 1. The molecule has 2 aromatic carbocycles. The van der Waals surface area contributed by atoms with E-state index in [1.54, 1.807) is 7.11 Å². The third kappa shape index (κ3) is 5.63. The van der Waals surface area contributed by atoms with Crippen molar-refractivity contribution < 1.29 is 14.6 Å². The molecule has 0 aliphatic carbocycles. The standard InChI is InChI=1S/C27H33N3O3/c1-21(22-8-4-3-5-9-22)18-26(31)30-16-13-27(32,14-17-30)19-29-15-12-24(28-20-29)23-10-6-7-11-25(23)33-2/h3-12,15,21,32H,13-14,16-20H2,1-2H3/t21-/m1/s1. The summed E-state index contributed by atoms with van der Waals surface area (Å²) in [5.41, 5.74) is 2.21. The highest BCUT2D eigenvalue weighted by atomic mass is 16.5. The number of benzene rings is 2. The van der Waals surface area contributed by atoms with E-state index in [1.165, 1.54) is 5.56 Å². The Balaban J connectivity index is 1.28. The number of nitrogens with zero attached hydrogens (tertiary/aromatic N) is 3. The Hall–Kier alpha value is -3.12. The molecule has 2 aromatic rings. The van der Waals surface area contributed by atoms with Gasteiger partial charge in [0.2, 0.25) is 5.91 Å². The Labute approximate surface area is 196 Å². The number of piperidine rings is 1. The number of methoxy groups -OCH3 is 1. The number of rotatable bonds is 7. The predicted octanol–water partition coefficient (Wildman–Crippen LogP) is 3.82. The van der Waals surface area contributed by atoms with Crippen molar-refractivity contribution in [3.8, 4) is 5.75 Å². The van der Waals surface area contributed by atoms with E-state index in [-0.39, 0.29) is 11.8 Å². The zero-order valence-electron chi connectivity index (χ0n) is 19.5. The molecule has 174 valence electrons. The van der Waals surface area contributed by atoms with Gasteiger partial charge in [0.1, 0.15) is 12.4 Å². The van der Waals surface area contributed by atoms with Crippen LogP contribution in [-0.2, 0) is 4.79 Å². The molecule has 1 amide bonds. The number of aliphatic imine (C=N–C) groups is 1. The van der Waals surface area contributed by atoms with Crippen molar-refractivity contribution in [3.63, 3.8) is 0 Å². The number of ether oxygens (including phenoxy) is 1. The van der Waals surface area contributed by atoms with Gasteiger partial charge in [-0.15, -0.1) is 0 Å². The van der Waals surface area contributed by atoms with Crippen LogP contribution in [0.3, 0.4) is 0 Å². The fourth-order valence-electron chi connectivity index (χ4n) is 4.58. The molecule has 2 aliphatic heterocycles. The maximum atomic E-state index is 12.8. The van der Waals surface area contributed by atoms with Crippen molar-refractivity contribution in [3.05, 3.63) is 78.0 Å². The van der Waals surface area contributed by atoms with Crippen LogP contribution in [0.15, 0.2) is 71.9 Å². The first-order chi connectivity index (χ1) is 16.0. The van der Waals surface area contributed by atoms with E-state index in [2.05, 4.69) is 19.1 Å². The smallest absolute Gasteiger partial charge is 0.223 e. The lowest BCUT2D eigenvalue weighted by Gasteiger charge is -2.41. The van der Waals surface area contributed by atoms with E-state index in [1.807, 2.05) is 64.5 Å². The summed E-state index contributed by atoms with van der Waals surface area (Å²) in [5, 5.41) is 11.2. The Morgan fingerprint density at radius 1 is 1.12 bits per heavy atom. The van der Waals surface area contributed by atoms with E-state index in [9.17, 15) is 9.90 Å². The first-order valence-corrected chi connectivity index (χ1v) is 11.6. The van der Waals surface area contributed by atoms with E-state index in [0.717, 1.165) is 17.0 Å². The van der Waals surface area contributed by atoms with Crippen molar-refractivity contribution in [2.24, 2.45) is 4.99 Å². The molecule has 4 rings (SSSR count). The molecule has 0 radical (unpaired) electrons. The van der Waals surface area contributed by atoms with Gasteiger partial charge in [0, 0.05) is 37.8 Å². The second-order valence-electron chi connectivity index (χ2n) is 9.07. The lowest BCUT2D eigenvalue weighted by Crippen LogP contribution is -2.51. The number of hydrogen-bond acceptors (Lipinski definition) is 5. The van der Waals surface area contributed by atoms with E-state index in [4.69, 9.17) is 9.73 Å². The molecule has 0 aromatic heterocycles. The van der Waals surface area contributed by atoms with Crippen LogP contribution in [0.4, 0.5) is 0 Å². The number of carbonyl (C=O) groups is 1. The molecule has 0 spiro atoms. The molecule has 1 fully saturated rings. The number of likely N-dealkylation sites (tertiary alicyclic amines) is 1. The summed E-state index contributed by atoms with van der Waals surface area (Å²) >= 11 is 0. The summed E-state index contributed by atoms with van der Waals surface area (Å²) in [6, 6.07) is 18.0. The van der Waals surface area contributed by atoms with Crippen LogP contribution in [0.25, 0.3) is 0 Å². The van der Waals surface area contributed by atoms with Crippen LogP contribution >= 0.6 is 0 Å². The zero-order valence-corrected chi connectivity index (χ0v) is 19.5. The molecule has 0 saturated carbocycles. The molecule has 1 saturated heterocycles. The van der Waals surface area contributed by atoms with Gasteiger partial charge in [-0.3, -0.25) is 9.79 Å². The van der Waals surface area contributed by atoms with Crippen LogP contribution in [0.2, 0.25) is 0 Å². The topological polar surface area (TPSA) is 65.4 Å². The van der Waals surface area contributed by atoms with Gasteiger partial charge in [-0.2, -0.15) is 0 Å². The number of aliphatic hydroxyl groups is 1. The molecule has 33 heavy (non-hydrogen) atoms. The van der Waals surface area contributed by atoms with Gasteiger partial charge < -0.3 is 19.6 Å². The van der Waals surface area contributed by atoms with Gasteiger partial charge in [0.15, 0.2) is 0 Å². The summed E-state index contributed by atoms with van der Waals surface area (Å²) in [5.74, 6) is 1.15. The van der Waals surface area contributed by atoms with Gasteiger partial charge in [-0.1, -0.05) is 49.4 Å². The zero-order chi connectivity index (χ0) is 23.3. The Kier molecular flexibility index (Phi) is 7.14. The van der Waals surface area contributed by atoms with E-state index in [0.29, 0.717) is 45.6 Å². The minimum Gasteiger partial charge on any atom is -0.496 e. The summed E-state index contributed by atoms with van der Waals surface area (Å²) in [6.07, 6.45) is 5.61. The Morgan fingerprint density at radius 2 is 1.82 bits per heavy atom. The first kappa shape index (κ1) is 23.1. The van der Waals surface area contributed by atoms with Gasteiger partial charge in [-0.05, 0) is 42.5 Å². The largest absolute Gasteiger partial charge is 0.496 e. The third-order valence-electron chi connectivity index (χ3n) is 6.64. The second-order valence-corrected chi connectivity index (χ2v) is 9.07. The van der Waals surface area contributed by atoms with Crippen molar-refractivity contribution in [1.29, 1.82) is 0 Å². The lowest BCUT2D eigenvalue weighted by atomic mass is 9.90. The average Bonchev–Trinajstić information content (AvgIpc) is 2.85. The highest BCUT2D eigenvalue weighted by molar-refractivity contribution is 6.10. The van der Waals surface area contributed by atoms with E-state index < -0.39 is 5.60 Å². The van der Waals surface area contributed by atoms with Crippen molar-refractivity contribution >= 4 is 11.6 Å². The normalized spacial score (nSPS) is 18.6. The summed E-state index contributed by atoms with van der Waals surface area (Å²) in [6.45, 7) is 4.27. The minimum absolute atomic E-state index is 0.164. The van der Waals surface area contributed by atoms with Crippen LogP contribution in [0, 0.1) is 0 Å². The number of β-amino-alcohol motifs (C(OH)–C–C–N with tert-alkyl or cyclic N) is 1. The van der Waals surface area contributed by atoms with Crippen LogP contribution in [-0.4, -0.2) is 65.5 Å². The number of carbonyl (C=O) groups excluding carboxylic acids is 1. The predicted molar refractivity (Wildman–Crippen MR) is 130 cm³/mol. The minimum atomic E-state index is -0.816. The molecule has 0 bridgehead atoms. The highest BCUT2D eigenvalue weighted by Gasteiger charge is 2.35. The van der Waals surface area contributed by atoms with Crippen molar-refractivity contribution in [2.45, 2.75) is 37.7 Å². The molecular formula is C27H33N3O3. The number of allylic oxidation sites excluding steroid dienone is 1. The SMILES string of the molecule is COc1ccccc1C1=NCN(CC2(O)CCN(C(=O)C[C@@H](C)c3ccccc3)CC2)C=C1. The molecule has 1 N–H and O–H groups in total. The first-order valence-electron chi connectivity index (χ1n) is 11.6. The summed E-state index contributed by atoms with van der Waals surface area (Å²) < 4.78 is 5.44. The van der Waals surface area contributed by atoms with Gasteiger partial charge in [0.25, 0.3) is 0 Å². The monoisotopic (exact) mass is 447 g/mol. The van der Waals surface area contributed by atoms with Gasteiger partial charge >= 0.3 is 0 Å². The fourth-order valence-corrected chi connectivity index (χ4v) is 4.58. The summed E-state index contributed by atoms with van der Waals surface area (Å²) in [7, 11) is 1.66. The molecule has 6 heteroatoms. The van der Waals surface area contributed by atoms with Crippen LogP contribution in [0.5, 0.6) is 5.75 Å². The third-order valence-corrected chi connectivity index (χ3v) is 6.64. The van der Waals surface area contributed by atoms with Gasteiger partial charge in [0.05, 0.1) is 18.4 Å². The van der Waals surface area contributed by atoms with Crippen molar-refractivity contribution in [1.82, 2.24) is 9.80 Å². The molecular weight excluding hydrogens is 414 g/mol. The maximum absolute atomic E-state index is 12.8. The number of hydrogen-bond donors (Lipinski definition) is 1. The lowest BCUT2D eigenvalue weighted by molar-refractivity contribution is -0.136. The molecule has 2 aliphatic rings. The van der Waals surface area contributed by atoms with Crippen LogP contribution in [0.1, 0.15) is 43.2 Å². The Bertz CT molecular complexity index is 1010. The van der Waals surface area contributed by atoms with Crippen LogP contribution < -0.4 is 4.74 Å². The van der Waals surface area contributed by atoms with Gasteiger partial charge in [-0.25, -0.2) is 0 Å². The Morgan fingerprint density at radius 3 is 2.48 bits per heavy atom. The molecule has 6 nitrogen and oxygen atoms in total. The molecule has 0 unspecified atom stereocenters. The summed E-state index contributed by atoms with van der Waals surface area (Å²) in [4.78, 5) is 21.4. The average molecular weight is 448 g/mol. The quantitative estimate of drug-likeness (QED) is 0.701. The van der Waals surface area contributed by atoms with E-state index >= 15 is 0 Å². The maximum Gasteiger partial charge on any atom is 0.223 e. The van der Waals surface area contributed by atoms with Crippen molar-refractivity contribution in [2.75, 3.05) is 33.4 Å². The fraction of sp³-hybridized carbons (Fsp3) is 0.407. The second kappa shape index (κ2) is 10.2. The highest BCUT2D eigenvalue weighted by Crippen LogP contribution is 2.27. The molecule has 2 heterocycles.